The predicted molar refractivity (Wildman–Crippen MR) is 65.4 cm³/mol. The van der Waals surface area contributed by atoms with E-state index in [1.807, 2.05) is 0 Å². The second kappa shape index (κ2) is 6.61. The zero-order valence-corrected chi connectivity index (χ0v) is 10.0. The second-order valence-corrected chi connectivity index (χ2v) is 3.62. The number of carbonyl (C=O) groups is 1. The van der Waals surface area contributed by atoms with Crippen LogP contribution in [0.25, 0.3) is 0 Å². The van der Waals surface area contributed by atoms with Crippen LogP contribution in [0.4, 0.5) is 11.5 Å². The Balaban J connectivity index is 3.08. The number of nitro groups is 1. The van der Waals surface area contributed by atoms with Gasteiger partial charge in [0.1, 0.15) is 12.0 Å². The number of aliphatic hydroxyl groups is 2. The molecule has 0 saturated carbocycles. The number of carbonyl (C=O) groups excluding carboxylic acids is 1. The van der Waals surface area contributed by atoms with Gasteiger partial charge in [0.2, 0.25) is 0 Å². The Hall–Kier alpha value is -2.26. The van der Waals surface area contributed by atoms with Gasteiger partial charge in [0.05, 0.1) is 23.7 Å². The number of aromatic nitrogens is 1. The maximum atomic E-state index is 12.1. The fraction of sp³-hybridized carbons (Fsp3) is 0.400. The standard InChI is InChI=1S/C10H14N4O5/c11-9-8(5-7(6-12-9)14(18)19)10(17)13(1-3-15)2-4-16/h5-6,15-16H,1-4H2,(H2,11,12). The van der Waals surface area contributed by atoms with Crippen LogP contribution < -0.4 is 5.73 Å². The van der Waals surface area contributed by atoms with Crippen LogP contribution >= 0.6 is 0 Å². The maximum Gasteiger partial charge on any atom is 0.288 e. The fourth-order valence-electron chi connectivity index (χ4n) is 1.46. The minimum absolute atomic E-state index is 0.0124. The number of amides is 1. The molecule has 9 nitrogen and oxygen atoms in total. The molecule has 1 aromatic heterocycles. The molecule has 1 aromatic rings. The van der Waals surface area contributed by atoms with Gasteiger partial charge >= 0.3 is 0 Å². The van der Waals surface area contributed by atoms with Crippen LogP contribution in [0.15, 0.2) is 12.3 Å². The number of hydrogen-bond donors (Lipinski definition) is 3. The number of anilines is 1. The highest BCUT2D eigenvalue weighted by Crippen LogP contribution is 2.18. The summed E-state index contributed by atoms with van der Waals surface area (Å²) in [4.78, 5) is 26.7. The molecule has 1 rings (SSSR count). The highest BCUT2D eigenvalue weighted by molar-refractivity contribution is 5.98. The average molecular weight is 270 g/mol. The summed E-state index contributed by atoms with van der Waals surface area (Å²) in [5, 5.41) is 28.3. The highest BCUT2D eigenvalue weighted by atomic mass is 16.6. The van der Waals surface area contributed by atoms with E-state index in [2.05, 4.69) is 4.98 Å². The molecule has 0 radical (unpaired) electrons. The van der Waals surface area contributed by atoms with Crippen LogP contribution in [0.1, 0.15) is 10.4 Å². The van der Waals surface area contributed by atoms with Gasteiger partial charge in [-0.05, 0) is 0 Å². The van der Waals surface area contributed by atoms with Gasteiger partial charge in [-0.15, -0.1) is 0 Å². The lowest BCUT2D eigenvalue weighted by Gasteiger charge is -2.20. The molecule has 0 saturated heterocycles. The monoisotopic (exact) mass is 270 g/mol. The number of hydrogen-bond acceptors (Lipinski definition) is 7. The quantitative estimate of drug-likeness (QED) is 0.444. The number of rotatable bonds is 6. The smallest absolute Gasteiger partial charge is 0.288 e. The molecule has 19 heavy (non-hydrogen) atoms. The first-order chi connectivity index (χ1) is 9.01. The molecule has 0 fully saturated rings. The summed E-state index contributed by atoms with van der Waals surface area (Å²) in [6.45, 7) is -0.620. The fourth-order valence-corrected chi connectivity index (χ4v) is 1.46. The molecule has 4 N–H and O–H groups in total. The van der Waals surface area contributed by atoms with Crippen molar-refractivity contribution in [2.24, 2.45) is 0 Å². The van der Waals surface area contributed by atoms with Crippen molar-refractivity contribution in [3.63, 3.8) is 0 Å². The number of nitrogens with two attached hydrogens (primary N) is 1. The van der Waals surface area contributed by atoms with Crippen molar-refractivity contribution >= 4 is 17.4 Å². The van der Waals surface area contributed by atoms with Gasteiger partial charge in [0, 0.05) is 19.2 Å². The molecule has 0 atom stereocenters. The van der Waals surface area contributed by atoms with Crippen molar-refractivity contribution in [1.29, 1.82) is 0 Å². The molecule has 0 aliphatic rings. The lowest BCUT2D eigenvalue weighted by atomic mass is 10.2. The van der Waals surface area contributed by atoms with Gasteiger partial charge in [-0.25, -0.2) is 4.98 Å². The van der Waals surface area contributed by atoms with Crippen LogP contribution in [0, 0.1) is 10.1 Å². The van der Waals surface area contributed by atoms with Gasteiger partial charge in [-0.2, -0.15) is 0 Å². The Bertz CT molecular complexity index is 473. The van der Waals surface area contributed by atoms with Crippen LogP contribution in [-0.4, -0.2) is 57.2 Å². The van der Waals surface area contributed by atoms with Crippen molar-refractivity contribution in [2.75, 3.05) is 32.0 Å². The summed E-state index contributed by atoms with van der Waals surface area (Å²) >= 11 is 0. The highest BCUT2D eigenvalue weighted by Gasteiger charge is 2.21. The third-order valence-corrected chi connectivity index (χ3v) is 2.37. The minimum Gasteiger partial charge on any atom is -0.395 e. The molecule has 0 aromatic carbocycles. The van der Waals surface area contributed by atoms with Crippen molar-refractivity contribution in [3.05, 3.63) is 27.9 Å². The van der Waals surface area contributed by atoms with Crippen LogP contribution in [0.5, 0.6) is 0 Å². The van der Waals surface area contributed by atoms with Crippen LogP contribution in [-0.2, 0) is 0 Å². The summed E-state index contributed by atoms with van der Waals surface area (Å²) < 4.78 is 0. The van der Waals surface area contributed by atoms with Gasteiger partial charge < -0.3 is 20.8 Å². The molecular formula is C10H14N4O5. The molecule has 0 unspecified atom stereocenters. The lowest BCUT2D eigenvalue weighted by Crippen LogP contribution is -2.36. The van der Waals surface area contributed by atoms with E-state index < -0.39 is 10.8 Å². The Morgan fingerprint density at radius 3 is 2.47 bits per heavy atom. The van der Waals surface area contributed by atoms with E-state index in [0.717, 1.165) is 17.2 Å². The van der Waals surface area contributed by atoms with E-state index >= 15 is 0 Å². The van der Waals surface area contributed by atoms with E-state index in [-0.39, 0.29) is 43.4 Å². The van der Waals surface area contributed by atoms with Gasteiger partial charge in [0.15, 0.2) is 0 Å². The number of aliphatic hydroxyl groups excluding tert-OH is 2. The summed E-state index contributed by atoms with van der Waals surface area (Å²) in [5.74, 6) is -0.770. The zero-order valence-electron chi connectivity index (χ0n) is 10.0. The first kappa shape index (κ1) is 14.8. The predicted octanol–water partition coefficient (Wildman–Crippen LogP) is -1.00. The Labute approximate surface area is 108 Å². The summed E-state index contributed by atoms with van der Waals surface area (Å²) in [5.41, 5.74) is 5.03. The Kier molecular flexibility index (Phi) is 5.15. The lowest BCUT2D eigenvalue weighted by molar-refractivity contribution is -0.385. The molecule has 1 amide bonds. The van der Waals surface area contributed by atoms with E-state index in [1.54, 1.807) is 0 Å². The normalized spacial score (nSPS) is 10.2. The van der Waals surface area contributed by atoms with E-state index in [0.29, 0.717) is 0 Å². The molecule has 104 valence electrons. The zero-order chi connectivity index (χ0) is 14.4. The molecule has 1 heterocycles. The van der Waals surface area contributed by atoms with E-state index in [4.69, 9.17) is 15.9 Å². The van der Waals surface area contributed by atoms with Crippen molar-refractivity contribution in [2.45, 2.75) is 0 Å². The molecule has 0 bridgehead atoms. The van der Waals surface area contributed by atoms with E-state index in [9.17, 15) is 14.9 Å². The van der Waals surface area contributed by atoms with Crippen LogP contribution in [0.3, 0.4) is 0 Å². The van der Waals surface area contributed by atoms with Crippen LogP contribution in [0.2, 0.25) is 0 Å². The van der Waals surface area contributed by atoms with Gasteiger partial charge in [-0.3, -0.25) is 14.9 Å². The summed E-state index contributed by atoms with van der Waals surface area (Å²) in [6, 6.07) is 1.02. The van der Waals surface area contributed by atoms with Crippen molar-refractivity contribution < 1.29 is 19.9 Å². The number of nitrogens with zero attached hydrogens (tertiary/aromatic N) is 3. The van der Waals surface area contributed by atoms with E-state index in [1.165, 1.54) is 0 Å². The molecule has 0 spiro atoms. The van der Waals surface area contributed by atoms with Crippen molar-refractivity contribution in [3.8, 4) is 0 Å². The molecular weight excluding hydrogens is 256 g/mol. The number of pyridine rings is 1. The molecule has 0 aliphatic carbocycles. The SMILES string of the molecule is Nc1ncc([N+](=O)[O-])cc1C(=O)N(CCO)CCO. The largest absolute Gasteiger partial charge is 0.395 e. The third-order valence-electron chi connectivity index (χ3n) is 2.37. The first-order valence-corrected chi connectivity index (χ1v) is 5.42. The molecule has 0 aliphatic heterocycles. The summed E-state index contributed by atoms with van der Waals surface area (Å²) in [7, 11) is 0. The number of nitrogen functional groups attached to an aromatic ring is 1. The maximum absolute atomic E-state index is 12.1. The average Bonchev–Trinajstić information content (AvgIpc) is 2.38. The van der Waals surface area contributed by atoms with Crippen molar-refractivity contribution in [1.82, 2.24) is 9.88 Å². The Morgan fingerprint density at radius 2 is 2.00 bits per heavy atom. The molecule has 9 heteroatoms. The minimum atomic E-state index is -0.689. The summed E-state index contributed by atoms with van der Waals surface area (Å²) in [6.07, 6.45) is 0.953. The first-order valence-electron chi connectivity index (χ1n) is 5.42. The van der Waals surface area contributed by atoms with Gasteiger partial charge in [-0.1, -0.05) is 0 Å². The van der Waals surface area contributed by atoms with Gasteiger partial charge in [0.25, 0.3) is 11.6 Å². The topological polar surface area (TPSA) is 143 Å². The third kappa shape index (κ3) is 3.60. The second-order valence-electron chi connectivity index (χ2n) is 3.62. The Morgan fingerprint density at radius 1 is 1.42 bits per heavy atom.